The molecule has 0 aliphatic heterocycles. The lowest BCUT2D eigenvalue weighted by Crippen LogP contribution is -2.15. The molecule has 24 heavy (non-hydrogen) atoms. The molecule has 0 aromatic carbocycles. The summed E-state index contributed by atoms with van der Waals surface area (Å²) in [5, 5.41) is 0. The van der Waals surface area contributed by atoms with Crippen molar-refractivity contribution < 1.29 is 27.2 Å². The molecule has 0 unspecified atom stereocenters. The molecule has 0 saturated carbocycles. The Hall–Kier alpha value is 0.300. The molecule has 0 bridgehead atoms. The first kappa shape index (κ1) is 24.3. The monoisotopic (exact) mass is 386 g/mol. The van der Waals surface area contributed by atoms with Crippen LogP contribution in [-0.2, 0) is 27.2 Å². The van der Waals surface area contributed by atoms with Gasteiger partial charge < -0.3 is 18.1 Å². The van der Waals surface area contributed by atoms with Gasteiger partial charge in [-0.3, -0.25) is 9.13 Å². The lowest BCUT2D eigenvalue weighted by molar-refractivity contribution is 0.206. The third-order valence-corrected chi connectivity index (χ3v) is 8.39. The van der Waals surface area contributed by atoms with Gasteiger partial charge in [-0.15, -0.1) is 0 Å². The Morgan fingerprint density at radius 1 is 0.708 bits per heavy atom. The summed E-state index contributed by atoms with van der Waals surface area (Å²) in [5.74, 6) is 0. The van der Waals surface area contributed by atoms with Crippen molar-refractivity contribution in [3.8, 4) is 0 Å². The van der Waals surface area contributed by atoms with E-state index in [-0.39, 0.29) is 5.66 Å². The molecule has 0 aliphatic carbocycles. The third-order valence-electron chi connectivity index (χ3n) is 3.58. The van der Waals surface area contributed by atoms with Gasteiger partial charge in [0.2, 0.25) is 0 Å². The SMILES string of the molecule is CCCC[C@@H](CCCP(=O)(OCC)OCC)P(=O)(OCC)OCC. The average Bonchev–Trinajstić information content (AvgIpc) is 2.51. The summed E-state index contributed by atoms with van der Waals surface area (Å²) in [5.41, 5.74) is -0.172. The van der Waals surface area contributed by atoms with E-state index >= 15 is 0 Å². The minimum Gasteiger partial charge on any atom is -0.309 e. The van der Waals surface area contributed by atoms with E-state index in [0.717, 1.165) is 19.3 Å². The molecule has 0 amide bonds. The molecular weight excluding hydrogens is 350 g/mol. The van der Waals surface area contributed by atoms with Gasteiger partial charge in [-0.05, 0) is 47.0 Å². The van der Waals surface area contributed by atoms with Gasteiger partial charge in [0, 0.05) is 0 Å². The van der Waals surface area contributed by atoms with Crippen LogP contribution >= 0.6 is 15.2 Å². The van der Waals surface area contributed by atoms with Gasteiger partial charge in [0.05, 0.1) is 38.2 Å². The normalized spacial score (nSPS) is 14.0. The maximum absolute atomic E-state index is 13.1. The molecule has 0 aliphatic rings. The molecule has 0 spiro atoms. The topological polar surface area (TPSA) is 71.1 Å². The Bertz CT molecular complexity index is 382. The van der Waals surface area contributed by atoms with Crippen molar-refractivity contribution in [1.82, 2.24) is 0 Å². The van der Waals surface area contributed by atoms with Gasteiger partial charge in [0.1, 0.15) is 0 Å². The molecule has 0 fully saturated rings. The highest BCUT2D eigenvalue weighted by Gasteiger charge is 2.35. The van der Waals surface area contributed by atoms with Gasteiger partial charge in [0.25, 0.3) is 0 Å². The van der Waals surface area contributed by atoms with Gasteiger partial charge in [-0.2, -0.15) is 0 Å². The van der Waals surface area contributed by atoms with Crippen LogP contribution in [0.15, 0.2) is 0 Å². The van der Waals surface area contributed by atoms with Crippen LogP contribution in [0.2, 0.25) is 0 Å². The summed E-state index contributed by atoms with van der Waals surface area (Å²) in [6.45, 7) is 10.8. The van der Waals surface area contributed by atoms with Crippen molar-refractivity contribution in [3.63, 3.8) is 0 Å². The fourth-order valence-electron chi connectivity index (χ4n) is 2.59. The fraction of sp³-hybridized carbons (Fsp3) is 1.00. The Kier molecular flexibility index (Phi) is 13.7. The Labute approximate surface area is 148 Å². The quantitative estimate of drug-likeness (QED) is 0.310. The summed E-state index contributed by atoms with van der Waals surface area (Å²) < 4.78 is 47.2. The predicted octanol–water partition coefficient (Wildman–Crippen LogP) is 5.86. The van der Waals surface area contributed by atoms with Crippen molar-refractivity contribution in [2.75, 3.05) is 32.6 Å². The maximum Gasteiger partial charge on any atom is 0.333 e. The Morgan fingerprint density at radius 2 is 1.17 bits per heavy atom. The summed E-state index contributed by atoms with van der Waals surface area (Å²) in [6, 6.07) is 0. The van der Waals surface area contributed by atoms with Crippen LogP contribution in [0.1, 0.15) is 66.7 Å². The van der Waals surface area contributed by atoms with Crippen LogP contribution in [0.4, 0.5) is 0 Å². The number of rotatable bonds is 16. The molecule has 6 nitrogen and oxygen atoms in total. The van der Waals surface area contributed by atoms with Crippen LogP contribution in [0.5, 0.6) is 0 Å². The zero-order valence-corrected chi connectivity index (χ0v) is 17.8. The average molecular weight is 386 g/mol. The summed E-state index contributed by atoms with van der Waals surface area (Å²) >= 11 is 0. The molecule has 0 aromatic rings. The number of hydrogen-bond acceptors (Lipinski definition) is 6. The van der Waals surface area contributed by atoms with Crippen molar-refractivity contribution in [2.24, 2.45) is 0 Å². The molecule has 0 saturated heterocycles. The molecule has 0 N–H and O–H groups in total. The molecule has 146 valence electrons. The molecule has 0 radical (unpaired) electrons. The second kappa shape index (κ2) is 13.5. The molecule has 0 aromatic heterocycles. The van der Waals surface area contributed by atoms with E-state index in [4.69, 9.17) is 18.1 Å². The maximum atomic E-state index is 13.1. The Morgan fingerprint density at radius 3 is 1.58 bits per heavy atom. The number of hydrogen-bond donors (Lipinski definition) is 0. The van der Waals surface area contributed by atoms with Gasteiger partial charge in [-0.1, -0.05) is 19.8 Å². The van der Waals surface area contributed by atoms with Crippen molar-refractivity contribution in [1.29, 1.82) is 0 Å². The van der Waals surface area contributed by atoms with Gasteiger partial charge >= 0.3 is 15.2 Å². The first-order chi connectivity index (χ1) is 11.4. The third kappa shape index (κ3) is 9.12. The molecular formula is C16H36O6P2. The van der Waals surface area contributed by atoms with E-state index in [0.29, 0.717) is 45.4 Å². The summed E-state index contributed by atoms with van der Waals surface area (Å²) in [7, 11) is -6.20. The minimum absolute atomic E-state index is 0.172. The van der Waals surface area contributed by atoms with E-state index in [2.05, 4.69) is 6.92 Å². The van der Waals surface area contributed by atoms with Crippen LogP contribution in [0.3, 0.4) is 0 Å². The second-order valence-corrected chi connectivity index (χ2v) is 10.00. The number of unbranched alkanes of at least 4 members (excludes halogenated alkanes) is 1. The van der Waals surface area contributed by atoms with Crippen molar-refractivity contribution >= 4 is 15.2 Å². The smallest absolute Gasteiger partial charge is 0.309 e. The zero-order valence-electron chi connectivity index (χ0n) is 16.0. The Balaban J connectivity index is 4.88. The fourth-order valence-corrected chi connectivity index (χ4v) is 6.49. The van der Waals surface area contributed by atoms with Gasteiger partial charge in [-0.25, -0.2) is 0 Å². The highest BCUT2D eigenvalue weighted by Crippen LogP contribution is 2.57. The zero-order chi connectivity index (χ0) is 18.5. The van der Waals surface area contributed by atoms with Crippen LogP contribution in [-0.4, -0.2) is 38.2 Å². The molecule has 0 heterocycles. The standard InChI is InChI=1S/C16H36O6P2/c1-6-11-13-16(24(18,21-9-4)22-10-5)14-12-15-23(17,19-7-2)20-8-3/h16H,6-15H2,1-5H3/t16-/m0/s1. The molecule has 1 atom stereocenters. The highest BCUT2D eigenvalue weighted by atomic mass is 31.2. The molecule has 0 rings (SSSR count). The minimum atomic E-state index is -3.14. The highest BCUT2D eigenvalue weighted by molar-refractivity contribution is 7.54. The molecule has 8 heteroatoms. The van der Waals surface area contributed by atoms with Crippen LogP contribution < -0.4 is 0 Å². The van der Waals surface area contributed by atoms with E-state index in [1.807, 2.05) is 13.8 Å². The van der Waals surface area contributed by atoms with Crippen LogP contribution in [0.25, 0.3) is 0 Å². The van der Waals surface area contributed by atoms with E-state index in [9.17, 15) is 9.13 Å². The van der Waals surface area contributed by atoms with Crippen LogP contribution in [0, 0.1) is 0 Å². The lowest BCUT2D eigenvalue weighted by Gasteiger charge is -2.27. The van der Waals surface area contributed by atoms with E-state index < -0.39 is 15.2 Å². The first-order valence-electron chi connectivity index (χ1n) is 9.18. The summed E-state index contributed by atoms with van der Waals surface area (Å²) in [4.78, 5) is 0. The summed E-state index contributed by atoms with van der Waals surface area (Å²) in [6.07, 6.45) is 4.32. The largest absolute Gasteiger partial charge is 0.333 e. The van der Waals surface area contributed by atoms with Crippen molar-refractivity contribution in [2.45, 2.75) is 72.4 Å². The first-order valence-corrected chi connectivity index (χ1v) is 12.5. The van der Waals surface area contributed by atoms with E-state index in [1.54, 1.807) is 13.8 Å². The van der Waals surface area contributed by atoms with Crippen molar-refractivity contribution in [3.05, 3.63) is 0 Å². The van der Waals surface area contributed by atoms with E-state index in [1.165, 1.54) is 0 Å². The van der Waals surface area contributed by atoms with Gasteiger partial charge in [0.15, 0.2) is 0 Å². The predicted molar refractivity (Wildman–Crippen MR) is 99.1 cm³/mol. The lowest BCUT2D eigenvalue weighted by atomic mass is 10.1. The second-order valence-electron chi connectivity index (χ2n) is 5.48.